The predicted octanol–water partition coefficient (Wildman–Crippen LogP) is 2.95. The number of aliphatic carboxylic acids is 1. The van der Waals surface area contributed by atoms with Gasteiger partial charge in [0.25, 0.3) is 5.91 Å². The number of hydrogen-bond acceptors (Lipinski definition) is 7. The van der Waals surface area contributed by atoms with Crippen LogP contribution >= 0.6 is 24.0 Å². The van der Waals surface area contributed by atoms with Crippen LogP contribution in [0.5, 0.6) is 5.75 Å². The van der Waals surface area contributed by atoms with E-state index in [1.54, 1.807) is 24.3 Å². The van der Waals surface area contributed by atoms with Gasteiger partial charge < -0.3 is 20.1 Å². The quantitative estimate of drug-likeness (QED) is 0.418. The maximum absolute atomic E-state index is 12.9. The standard InChI is InChI=1S/C20H13NO8S2/c22-16(23)9-29-14-3-1-2-10(4-14)5-15-17(24)21(20(30)31-15)13-7-11(18(25)26)6-12(8-13)19(27)28/h1-8H,9H2,(H,22,23)(H,25,26)(H,27,28)/b15-5-. The van der Waals surface area contributed by atoms with Crippen LogP contribution in [-0.2, 0) is 9.59 Å². The van der Waals surface area contributed by atoms with Crippen molar-refractivity contribution in [3.63, 3.8) is 0 Å². The molecule has 0 aromatic heterocycles. The van der Waals surface area contributed by atoms with Crippen LogP contribution in [0.1, 0.15) is 26.3 Å². The molecule has 3 rings (SSSR count). The van der Waals surface area contributed by atoms with E-state index in [9.17, 15) is 29.4 Å². The zero-order chi connectivity index (χ0) is 22.7. The monoisotopic (exact) mass is 459 g/mol. The summed E-state index contributed by atoms with van der Waals surface area (Å²) in [5.74, 6) is -4.07. The number of benzene rings is 2. The summed E-state index contributed by atoms with van der Waals surface area (Å²) in [6.45, 7) is -0.516. The van der Waals surface area contributed by atoms with Crippen LogP contribution in [0.3, 0.4) is 0 Å². The molecule has 1 aliphatic rings. The second-order valence-corrected chi connectivity index (χ2v) is 7.83. The Morgan fingerprint density at radius 3 is 2.26 bits per heavy atom. The van der Waals surface area contributed by atoms with Gasteiger partial charge in [0.15, 0.2) is 10.9 Å². The second-order valence-electron chi connectivity index (χ2n) is 6.15. The van der Waals surface area contributed by atoms with Crippen LogP contribution in [0, 0.1) is 0 Å². The van der Waals surface area contributed by atoms with E-state index in [1.807, 2.05) is 0 Å². The van der Waals surface area contributed by atoms with Gasteiger partial charge >= 0.3 is 17.9 Å². The third kappa shape index (κ3) is 5.08. The number of carbonyl (C=O) groups excluding carboxylic acids is 1. The van der Waals surface area contributed by atoms with Crippen LogP contribution in [0.25, 0.3) is 6.08 Å². The van der Waals surface area contributed by atoms with Crippen molar-refractivity contribution in [1.82, 2.24) is 0 Å². The van der Waals surface area contributed by atoms with Crippen molar-refractivity contribution in [3.05, 3.63) is 64.1 Å². The van der Waals surface area contributed by atoms with E-state index in [0.717, 1.165) is 22.7 Å². The Labute approximate surface area is 184 Å². The summed E-state index contributed by atoms with van der Waals surface area (Å²) in [6.07, 6.45) is 1.52. The van der Waals surface area contributed by atoms with Crippen molar-refractivity contribution in [3.8, 4) is 5.75 Å². The maximum atomic E-state index is 12.9. The molecular weight excluding hydrogens is 446 g/mol. The Hall–Kier alpha value is -3.70. The topological polar surface area (TPSA) is 141 Å². The van der Waals surface area contributed by atoms with E-state index in [-0.39, 0.29) is 26.0 Å². The molecule has 1 amide bonds. The van der Waals surface area contributed by atoms with Crippen LogP contribution in [0.2, 0.25) is 0 Å². The van der Waals surface area contributed by atoms with Gasteiger partial charge in [-0.2, -0.15) is 0 Å². The number of thioether (sulfide) groups is 1. The first kappa shape index (κ1) is 22.0. The average Bonchev–Trinajstić information content (AvgIpc) is 2.99. The summed E-state index contributed by atoms with van der Waals surface area (Å²) in [6, 6.07) is 9.74. The molecule has 3 N–H and O–H groups in total. The van der Waals surface area contributed by atoms with E-state index in [2.05, 4.69) is 0 Å². The number of carboxylic acids is 3. The fraction of sp³-hybridized carbons (Fsp3) is 0.0500. The Balaban J connectivity index is 1.93. The van der Waals surface area contributed by atoms with Gasteiger partial charge in [0.2, 0.25) is 0 Å². The van der Waals surface area contributed by atoms with E-state index < -0.39 is 30.4 Å². The highest BCUT2D eigenvalue weighted by Gasteiger charge is 2.34. The van der Waals surface area contributed by atoms with E-state index in [4.69, 9.17) is 22.1 Å². The first-order valence-electron chi connectivity index (χ1n) is 8.50. The lowest BCUT2D eigenvalue weighted by molar-refractivity contribution is -0.139. The normalized spacial score (nSPS) is 14.7. The van der Waals surface area contributed by atoms with Gasteiger partial charge in [0, 0.05) is 0 Å². The SMILES string of the molecule is O=C(O)COc1cccc(/C=C2\SC(=S)N(c3cc(C(=O)O)cc(C(=O)O)c3)C2=O)c1. The van der Waals surface area contributed by atoms with E-state index in [1.165, 1.54) is 18.2 Å². The molecule has 158 valence electrons. The number of anilines is 1. The van der Waals surface area contributed by atoms with E-state index in [0.29, 0.717) is 11.3 Å². The van der Waals surface area contributed by atoms with Gasteiger partial charge in [-0.05, 0) is 42.0 Å². The number of nitrogens with zero attached hydrogens (tertiary/aromatic N) is 1. The zero-order valence-corrected chi connectivity index (χ0v) is 17.1. The number of amides is 1. The molecule has 1 fully saturated rings. The van der Waals surface area contributed by atoms with Crippen molar-refractivity contribution < 1.29 is 39.2 Å². The van der Waals surface area contributed by atoms with Crippen molar-refractivity contribution in [2.75, 3.05) is 11.5 Å². The molecule has 1 heterocycles. The van der Waals surface area contributed by atoms with Gasteiger partial charge in [0.1, 0.15) is 5.75 Å². The molecule has 11 heteroatoms. The van der Waals surface area contributed by atoms with Gasteiger partial charge in [0.05, 0.1) is 21.7 Å². The summed E-state index contributed by atoms with van der Waals surface area (Å²) in [4.78, 5) is 47.5. The highest BCUT2D eigenvalue weighted by molar-refractivity contribution is 8.27. The molecule has 1 saturated heterocycles. The second kappa shape index (κ2) is 8.98. The number of rotatable bonds is 7. The number of carbonyl (C=O) groups is 4. The predicted molar refractivity (Wildman–Crippen MR) is 116 cm³/mol. The Morgan fingerprint density at radius 2 is 1.68 bits per heavy atom. The molecule has 0 bridgehead atoms. The third-order valence-electron chi connectivity index (χ3n) is 3.98. The number of carboxylic acid groups (broad SMARTS) is 3. The number of ether oxygens (including phenoxy) is 1. The average molecular weight is 459 g/mol. The first-order valence-corrected chi connectivity index (χ1v) is 9.72. The third-order valence-corrected chi connectivity index (χ3v) is 5.28. The lowest BCUT2D eigenvalue weighted by Crippen LogP contribution is -2.28. The molecule has 2 aromatic rings. The molecule has 0 unspecified atom stereocenters. The van der Waals surface area contributed by atoms with Crippen molar-refractivity contribution >= 4 is 63.9 Å². The summed E-state index contributed by atoms with van der Waals surface area (Å²) < 4.78 is 5.22. The van der Waals surface area contributed by atoms with Crippen molar-refractivity contribution in [2.24, 2.45) is 0 Å². The molecule has 31 heavy (non-hydrogen) atoms. The lowest BCUT2D eigenvalue weighted by atomic mass is 10.1. The van der Waals surface area contributed by atoms with Crippen LogP contribution in [-0.4, -0.2) is 50.1 Å². The fourth-order valence-corrected chi connectivity index (χ4v) is 3.97. The number of thiocarbonyl (C=S) groups is 1. The Bertz CT molecular complexity index is 1130. The smallest absolute Gasteiger partial charge is 0.341 e. The lowest BCUT2D eigenvalue weighted by Gasteiger charge is -2.16. The molecule has 2 aromatic carbocycles. The van der Waals surface area contributed by atoms with Crippen molar-refractivity contribution in [1.29, 1.82) is 0 Å². The molecule has 0 spiro atoms. The van der Waals surface area contributed by atoms with Gasteiger partial charge in [-0.3, -0.25) is 9.69 Å². The van der Waals surface area contributed by atoms with Crippen molar-refractivity contribution in [2.45, 2.75) is 0 Å². The van der Waals surface area contributed by atoms with Crippen LogP contribution < -0.4 is 9.64 Å². The van der Waals surface area contributed by atoms with Crippen LogP contribution in [0.4, 0.5) is 5.69 Å². The molecule has 0 radical (unpaired) electrons. The zero-order valence-electron chi connectivity index (χ0n) is 15.5. The minimum Gasteiger partial charge on any atom is -0.482 e. The Morgan fingerprint density at radius 1 is 1.03 bits per heavy atom. The minimum absolute atomic E-state index is 0.0294. The van der Waals surface area contributed by atoms with Gasteiger partial charge in [-0.1, -0.05) is 36.1 Å². The molecule has 0 saturated carbocycles. The number of aromatic carboxylic acids is 2. The summed E-state index contributed by atoms with van der Waals surface area (Å²) in [5.41, 5.74) is -0.0111. The molecule has 0 atom stereocenters. The largest absolute Gasteiger partial charge is 0.482 e. The molecular formula is C20H13NO8S2. The van der Waals surface area contributed by atoms with Crippen LogP contribution in [0.15, 0.2) is 47.4 Å². The van der Waals surface area contributed by atoms with E-state index >= 15 is 0 Å². The molecule has 9 nitrogen and oxygen atoms in total. The fourth-order valence-electron chi connectivity index (χ4n) is 2.67. The summed E-state index contributed by atoms with van der Waals surface area (Å²) >= 11 is 6.21. The highest BCUT2D eigenvalue weighted by Crippen LogP contribution is 2.37. The highest BCUT2D eigenvalue weighted by atomic mass is 32.2. The molecule has 0 aliphatic carbocycles. The summed E-state index contributed by atoms with van der Waals surface area (Å²) in [7, 11) is 0. The molecule has 1 aliphatic heterocycles. The maximum Gasteiger partial charge on any atom is 0.341 e. The Kier molecular flexibility index (Phi) is 6.37. The van der Waals surface area contributed by atoms with Gasteiger partial charge in [-0.15, -0.1) is 0 Å². The van der Waals surface area contributed by atoms with Gasteiger partial charge in [-0.25, -0.2) is 14.4 Å². The summed E-state index contributed by atoms with van der Waals surface area (Å²) in [5, 5.41) is 27.2. The first-order chi connectivity index (χ1) is 14.7. The number of hydrogen-bond donors (Lipinski definition) is 3. The minimum atomic E-state index is -1.34.